The number of rotatable bonds is 17. The van der Waals surface area contributed by atoms with E-state index in [-0.39, 0.29) is 43.8 Å². The number of carboxylic acids is 2. The van der Waals surface area contributed by atoms with Gasteiger partial charge >= 0.3 is 11.9 Å². The number of aryl methyl sites for hydroxylation is 2. The molecule has 1 unspecified atom stereocenters. The first-order valence-corrected chi connectivity index (χ1v) is 19.7. The van der Waals surface area contributed by atoms with E-state index in [0.717, 1.165) is 0 Å². The van der Waals surface area contributed by atoms with Crippen LogP contribution in [-0.4, -0.2) is 126 Å². The first-order chi connectivity index (χ1) is 27.9. The van der Waals surface area contributed by atoms with Crippen molar-refractivity contribution in [1.82, 2.24) is 48.8 Å². The maximum atomic E-state index is 13.7. The van der Waals surface area contributed by atoms with Crippen molar-refractivity contribution >= 4 is 46.2 Å². The number of aromatic nitrogens is 6. The summed E-state index contributed by atoms with van der Waals surface area (Å²) in [7, 11) is 7.20. The quantitative estimate of drug-likeness (QED) is 0.104. The standard InChI is InChI=1S/C41H48Cl2N10O6/c1-24-20-52-33(37(54)50(24)16-14-44-32(39(56)57)22-48(4)5)18-30(46-52)28-12-8-10-26(35(28)42)27-11-9-13-29(36(27)43)31-19-34-38(55)51(25(2)21-53(34)47-31)17-15-45-41(3,40(58)59)23-49(6)7/h8-13,18-21,32,44-45H,14-17,22-23H2,1-7H3,(H,56,57)(H,58,59)/t32-,41?/m0/s1. The molecule has 18 heteroatoms. The molecule has 6 aromatic rings. The molecule has 6 rings (SSSR count). The third kappa shape index (κ3) is 8.98. The van der Waals surface area contributed by atoms with Gasteiger partial charge in [0.25, 0.3) is 11.1 Å². The van der Waals surface area contributed by atoms with E-state index in [0.29, 0.717) is 72.7 Å². The minimum Gasteiger partial charge on any atom is -0.480 e. The van der Waals surface area contributed by atoms with Gasteiger partial charge in [0.2, 0.25) is 0 Å². The molecule has 0 aliphatic rings. The number of carbonyl (C=O) groups is 2. The number of aliphatic carboxylic acids is 2. The van der Waals surface area contributed by atoms with Crippen molar-refractivity contribution in [2.75, 3.05) is 54.4 Å². The van der Waals surface area contributed by atoms with E-state index < -0.39 is 23.5 Å². The lowest BCUT2D eigenvalue weighted by atomic mass is 9.98. The fraction of sp³-hybridized carbons (Fsp3) is 0.366. The molecule has 0 saturated carbocycles. The molecule has 0 amide bonds. The largest absolute Gasteiger partial charge is 0.480 e. The van der Waals surface area contributed by atoms with E-state index >= 15 is 0 Å². The number of hydrogen-bond donors (Lipinski definition) is 4. The van der Waals surface area contributed by atoms with Gasteiger partial charge in [-0.2, -0.15) is 10.2 Å². The molecule has 4 aromatic heterocycles. The average Bonchev–Trinajstić information content (AvgIpc) is 3.78. The summed E-state index contributed by atoms with van der Waals surface area (Å²) in [4.78, 5) is 54.7. The van der Waals surface area contributed by atoms with E-state index in [9.17, 15) is 29.4 Å². The van der Waals surface area contributed by atoms with Gasteiger partial charge in [-0.15, -0.1) is 0 Å². The van der Waals surface area contributed by atoms with Gasteiger partial charge in [-0.1, -0.05) is 59.6 Å². The monoisotopic (exact) mass is 846 g/mol. The highest BCUT2D eigenvalue weighted by Gasteiger charge is 2.33. The summed E-state index contributed by atoms with van der Waals surface area (Å²) in [5.74, 6) is -1.95. The van der Waals surface area contributed by atoms with Gasteiger partial charge in [0, 0.05) is 85.3 Å². The third-order valence-corrected chi connectivity index (χ3v) is 11.1. The molecule has 0 bridgehead atoms. The summed E-state index contributed by atoms with van der Waals surface area (Å²) < 4.78 is 6.22. The Morgan fingerprint density at radius 3 is 1.64 bits per heavy atom. The highest BCUT2D eigenvalue weighted by atomic mass is 35.5. The van der Waals surface area contributed by atoms with Crippen molar-refractivity contribution in [2.45, 2.75) is 45.4 Å². The number of benzene rings is 2. The molecule has 16 nitrogen and oxygen atoms in total. The fourth-order valence-electron chi connectivity index (χ4n) is 7.31. The zero-order valence-electron chi connectivity index (χ0n) is 34.0. The van der Waals surface area contributed by atoms with Gasteiger partial charge in [0.05, 0.1) is 21.4 Å². The van der Waals surface area contributed by atoms with Crippen molar-refractivity contribution in [3.8, 4) is 33.6 Å². The summed E-state index contributed by atoms with van der Waals surface area (Å²) in [6.07, 6.45) is 3.49. The molecule has 0 spiro atoms. The Bertz CT molecular complexity index is 2680. The van der Waals surface area contributed by atoms with Crippen LogP contribution in [0.15, 0.2) is 70.5 Å². The summed E-state index contributed by atoms with van der Waals surface area (Å²) in [5.41, 5.74) is 3.54. The second-order valence-electron chi connectivity index (χ2n) is 15.4. The Kier molecular flexibility index (Phi) is 12.8. The number of nitrogens with zero attached hydrogens (tertiary/aromatic N) is 8. The van der Waals surface area contributed by atoms with Crippen LogP contribution < -0.4 is 21.8 Å². The van der Waals surface area contributed by atoms with Gasteiger partial charge in [-0.05, 0) is 61.1 Å². The maximum absolute atomic E-state index is 13.7. The van der Waals surface area contributed by atoms with Crippen LogP contribution in [0.3, 0.4) is 0 Å². The lowest BCUT2D eigenvalue weighted by Gasteiger charge is -2.29. The van der Waals surface area contributed by atoms with Gasteiger partial charge in [0.15, 0.2) is 0 Å². The van der Waals surface area contributed by atoms with Gasteiger partial charge < -0.3 is 34.5 Å². The summed E-state index contributed by atoms with van der Waals surface area (Å²) >= 11 is 14.2. The number of likely N-dealkylation sites (N-methyl/N-ethyl adjacent to an activating group) is 2. The molecule has 4 N–H and O–H groups in total. The number of hydrogen-bond acceptors (Lipinski definition) is 10. The van der Waals surface area contributed by atoms with Crippen molar-refractivity contribution in [2.24, 2.45) is 0 Å². The molecular formula is C41H48Cl2N10O6. The lowest BCUT2D eigenvalue weighted by molar-refractivity contribution is -0.145. The minimum absolute atomic E-state index is 0.245. The van der Waals surface area contributed by atoms with E-state index in [1.807, 2.05) is 36.4 Å². The van der Waals surface area contributed by atoms with Crippen LogP contribution in [0, 0.1) is 13.8 Å². The maximum Gasteiger partial charge on any atom is 0.324 e. The second-order valence-corrected chi connectivity index (χ2v) is 16.2. The smallest absolute Gasteiger partial charge is 0.324 e. The molecule has 2 atom stereocenters. The van der Waals surface area contributed by atoms with Crippen LogP contribution in [0.1, 0.15) is 18.3 Å². The van der Waals surface area contributed by atoms with Crippen molar-refractivity contribution < 1.29 is 19.8 Å². The highest BCUT2D eigenvalue weighted by Crippen LogP contribution is 2.42. The molecule has 0 fully saturated rings. The van der Waals surface area contributed by atoms with Crippen molar-refractivity contribution in [3.05, 3.63) is 103 Å². The molecule has 0 aliphatic carbocycles. The topological polar surface area (TPSA) is 184 Å². The van der Waals surface area contributed by atoms with Gasteiger partial charge in [0.1, 0.15) is 22.6 Å². The van der Waals surface area contributed by atoms with E-state index in [4.69, 9.17) is 33.4 Å². The zero-order valence-corrected chi connectivity index (χ0v) is 35.5. The van der Waals surface area contributed by atoms with E-state index in [1.54, 1.807) is 92.4 Å². The number of carboxylic acid groups (broad SMARTS) is 2. The van der Waals surface area contributed by atoms with Crippen LogP contribution >= 0.6 is 23.2 Å². The van der Waals surface area contributed by atoms with Gasteiger partial charge in [-0.3, -0.25) is 24.5 Å². The molecule has 312 valence electrons. The first kappa shape index (κ1) is 43.2. The highest BCUT2D eigenvalue weighted by molar-refractivity contribution is 6.39. The first-order valence-electron chi connectivity index (χ1n) is 18.9. The Morgan fingerprint density at radius 2 is 1.22 bits per heavy atom. The molecule has 59 heavy (non-hydrogen) atoms. The predicted molar refractivity (Wildman–Crippen MR) is 229 cm³/mol. The van der Waals surface area contributed by atoms with Crippen LogP contribution in [0.5, 0.6) is 0 Å². The summed E-state index contributed by atoms with van der Waals surface area (Å²) in [5, 5.41) is 35.7. The van der Waals surface area contributed by atoms with Crippen LogP contribution in [-0.2, 0) is 22.7 Å². The van der Waals surface area contributed by atoms with Crippen molar-refractivity contribution in [1.29, 1.82) is 0 Å². The predicted octanol–water partition coefficient (Wildman–Crippen LogP) is 3.83. The zero-order chi connectivity index (χ0) is 42.9. The number of nitrogens with one attached hydrogen (secondary N) is 2. The molecule has 0 saturated heterocycles. The Labute approximate surface area is 350 Å². The lowest BCUT2D eigenvalue weighted by Crippen LogP contribution is -2.56. The minimum atomic E-state index is -1.20. The number of halogens is 2. The van der Waals surface area contributed by atoms with Crippen LogP contribution in [0.4, 0.5) is 0 Å². The molecule has 2 aromatic carbocycles. The summed E-state index contributed by atoms with van der Waals surface area (Å²) in [6, 6.07) is 13.5. The Hall–Kier alpha value is -5.36. The van der Waals surface area contributed by atoms with Gasteiger partial charge in [-0.25, -0.2) is 9.03 Å². The average molecular weight is 848 g/mol. The third-order valence-electron chi connectivity index (χ3n) is 10.2. The second kappa shape index (κ2) is 17.5. The fourth-order valence-corrected chi connectivity index (χ4v) is 7.96. The summed E-state index contributed by atoms with van der Waals surface area (Å²) in [6.45, 7) is 6.82. The van der Waals surface area contributed by atoms with E-state index in [2.05, 4.69) is 10.6 Å². The normalized spacial score (nSPS) is 13.5. The van der Waals surface area contributed by atoms with E-state index in [1.165, 1.54) is 9.03 Å². The Balaban J connectivity index is 1.27. The molecule has 4 heterocycles. The van der Waals surface area contributed by atoms with Crippen LogP contribution in [0.2, 0.25) is 10.0 Å². The van der Waals surface area contributed by atoms with Crippen molar-refractivity contribution in [3.63, 3.8) is 0 Å². The number of fused-ring (bicyclic) bond motifs is 2. The Morgan fingerprint density at radius 1 is 0.763 bits per heavy atom. The SMILES string of the molecule is Cc1cn2nc(-c3cccc(-c4cccc(-c5cc6c(=O)n(CCNC(C)(CN(C)C)C(=O)O)c(C)cn6n5)c4Cl)c3Cl)cc2c(=O)n1CCN[C@@H](CN(C)C)C(=O)O. The molecule has 0 aliphatic heterocycles. The van der Waals surface area contributed by atoms with Crippen LogP contribution in [0.25, 0.3) is 44.7 Å². The molecular weight excluding hydrogens is 799 g/mol. The molecule has 0 radical (unpaired) electrons.